The minimum absolute atomic E-state index is 0.0478. The van der Waals surface area contributed by atoms with Crippen LogP contribution in [0.5, 0.6) is 0 Å². The molecule has 1 aromatic rings. The van der Waals surface area contributed by atoms with Gasteiger partial charge in [0.1, 0.15) is 5.76 Å². The van der Waals surface area contributed by atoms with Crippen molar-refractivity contribution >= 4 is 23.1 Å². The lowest BCUT2D eigenvalue weighted by molar-refractivity contribution is -0.165. The van der Waals surface area contributed by atoms with E-state index in [1.165, 1.54) is 24.3 Å². The van der Waals surface area contributed by atoms with Crippen LogP contribution in [-0.2, 0) is 9.59 Å². The number of carbonyl (C=O) groups excluding carboxylic acids is 2. The molecule has 0 unspecified atom stereocenters. The Morgan fingerprint density at radius 2 is 1.78 bits per heavy atom. The van der Waals surface area contributed by atoms with Crippen LogP contribution in [0.4, 0.5) is 18.9 Å². The number of rotatable bonds is 7. The summed E-state index contributed by atoms with van der Waals surface area (Å²) in [6.45, 7) is 2.03. The Kier molecular flexibility index (Phi) is 6.81. The molecule has 1 rings (SSSR count). The van der Waals surface area contributed by atoms with E-state index in [1.54, 1.807) is 0 Å². The van der Waals surface area contributed by atoms with Crippen LogP contribution in [0.1, 0.15) is 38.2 Å². The van der Waals surface area contributed by atoms with Crippen molar-refractivity contribution in [1.29, 1.82) is 0 Å². The highest BCUT2D eigenvalue weighted by molar-refractivity contribution is 5.99. The fourth-order valence-corrected chi connectivity index (χ4v) is 1.77. The molecule has 0 bridgehead atoms. The first kappa shape index (κ1) is 18.7. The summed E-state index contributed by atoms with van der Waals surface area (Å²) >= 11 is 0. The van der Waals surface area contributed by atoms with E-state index in [-0.39, 0.29) is 17.5 Å². The van der Waals surface area contributed by atoms with Crippen LogP contribution in [0, 0.1) is 0 Å². The van der Waals surface area contributed by atoms with E-state index in [0.717, 1.165) is 19.3 Å². The summed E-state index contributed by atoms with van der Waals surface area (Å²) in [6, 6.07) is 5.51. The van der Waals surface area contributed by atoms with Gasteiger partial charge in [-0.3, -0.25) is 9.59 Å². The Hall–Kier alpha value is -2.31. The third kappa shape index (κ3) is 6.54. The number of hydrogen-bond donors (Lipinski definition) is 2. The molecule has 0 spiro atoms. The summed E-state index contributed by atoms with van der Waals surface area (Å²) < 4.78 is 36.3. The second-order valence-corrected chi connectivity index (χ2v) is 4.97. The van der Waals surface area contributed by atoms with Crippen molar-refractivity contribution < 1.29 is 27.9 Å². The molecule has 0 fully saturated rings. The minimum atomic E-state index is -5.03. The van der Waals surface area contributed by atoms with Crippen molar-refractivity contribution in [3.05, 3.63) is 35.9 Å². The van der Waals surface area contributed by atoms with Gasteiger partial charge >= 0.3 is 6.18 Å². The van der Waals surface area contributed by atoms with Gasteiger partial charge in [-0.2, -0.15) is 13.2 Å². The average molecular weight is 329 g/mol. The summed E-state index contributed by atoms with van der Waals surface area (Å²) in [5.41, 5.74) is 0.511. The maximum atomic E-state index is 12.1. The molecule has 0 aliphatic heterocycles. The van der Waals surface area contributed by atoms with Crippen molar-refractivity contribution in [2.45, 2.75) is 38.8 Å². The molecule has 23 heavy (non-hydrogen) atoms. The number of benzene rings is 1. The second-order valence-electron chi connectivity index (χ2n) is 4.97. The molecular formula is C16H18F3NO3. The zero-order chi connectivity index (χ0) is 17.5. The van der Waals surface area contributed by atoms with Crippen LogP contribution in [0.25, 0.3) is 5.76 Å². The molecule has 126 valence electrons. The number of anilines is 1. The highest BCUT2D eigenvalue weighted by Crippen LogP contribution is 2.21. The first-order chi connectivity index (χ1) is 10.7. The van der Waals surface area contributed by atoms with E-state index in [1.807, 2.05) is 6.92 Å². The molecule has 2 N–H and O–H groups in total. The predicted octanol–water partition coefficient (Wildman–Crippen LogP) is 4.24. The molecule has 0 heterocycles. The van der Waals surface area contributed by atoms with Gasteiger partial charge in [0.25, 0.3) is 5.78 Å². The lowest BCUT2D eigenvalue weighted by Crippen LogP contribution is -2.20. The fraction of sp³-hybridized carbons (Fsp3) is 0.375. The maximum Gasteiger partial charge on any atom is 0.454 e. The number of amides is 1. The predicted molar refractivity (Wildman–Crippen MR) is 80.9 cm³/mol. The third-order valence-electron chi connectivity index (χ3n) is 3.02. The molecule has 0 aliphatic rings. The van der Waals surface area contributed by atoms with E-state index in [9.17, 15) is 27.9 Å². The normalized spacial score (nSPS) is 12.1. The zero-order valence-electron chi connectivity index (χ0n) is 12.6. The average Bonchev–Trinajstić information content (AvgIpc) is 2.47. The van der Waals surface area contributed by atoms with Crippen molar-refractivity contribution in [3.63, 3.8) is 0 Å². The SMILES string of the molecule is CCCCCC(=O)Nc1ccc(/C(O)=C/C(=O)C(F)(F)F)cc1. The number of allylic oxidation sites excluding steroid dienone is 1. The molecule has 0 aliphatic carbocycles. The van der Waals surface area contributed by atoms with E-state index < -0.39 is 17.7 Å². The summed E-state index contributed by atoms with van der Waals surface area (Å²) in [6.07, 6.45) is -1.77. The minimum Gasteiger partial charge on any atom is -0.507 e. The standard InChI is InChI=1S/C16H18F3NO3/c1-2-3-4-5-15(23)20-12-8-6-11(7-9-12)13(21)10-14(22)16(17,18)19/h6-10,21H,2-5H2,1H3,(H,20,23)/b13-10-. The van der Waals surface area contributed by atoms with Gasteiger partial charge in [-0.25, -0.2) is 0 Å². The van der Waals surface area contributed by atoms with E-state index in [0.29, 0.717) is 12.1 Å². The number of ketones is 1. The Labute approximate surface area is 132 Å². The largest absolute Gasteiger partial charge is 0.507 e. The maximum absolute atomic E-state index is 12.1. The quantitative estimate of drug-likeness (QED) is 0.447. The monoisotopic (exact) mass is 329 g/mol. The van der Waals surface area contributed by atoms with Crippen LogP contribution >= 0.6 is 0 Å². The van der Waals surface area contributed by atoms with Gasteiger partial charge in [-0.05, 0) is 30.7 Å². The van der Waals surface area contributed by atoms with Gasteiger partial charge in [-0.15, -0.1) is 0 Å². The van der Waals surface area contributed by atoms with Gasteiger partial charge in [0.2, 0.25) is 5.91 Å². The number of carbonyl (C=O) groups is 2. The summed E-state index contributed by atoms with van der Waals surface area (Å²) in [5.74, 6) is -3.07. The molecule has 0 saturated heterocycles. The number of alkyl halides is 3. The van der Waals surface area contributed by atoms with Gasteiger partial charge in [-0.1, -0.05) is 19.8 Å². The van der Waals surface area contributed by atoms with Crippen molar-refractivity contribution in [2.24, 2.45) is 0 Å². The molecular weight excluding hydrogens is 311 g/mol. The first-order valence-electron chi connectivity index (χ1n) is 7.16. The molecule has 7 heteroatoms. The summed E-state index contributed by atoms with van der Waals surface area (Å²) in [5, 5.41) is 12.2. The highest BCUT2D eigenvalue weighted by atomic mass is 19.4. The first-order valence-corrected chi connectivity index (χ1v) is 7.16. The van der Waals surface area contributed by atoms with Crippen molar-refractivity contribution in [1.82, 2.24) is 0 Å². The van der Waals surface area contributed by atoms with Crippen LogP contribution in [0.15, 0.2) is 30.3 Å². The van der Waals surface area contributed by atoms with E-state index in [2.05, 4.69) is 5.32 Å². The highest BCUT2D eigenvalue weighted by Gasteiger charge is 2.36. The van der Waals surface area contributed by atoms with Crippen molar-refractivity contribution in [3.8, 4) is 0 Å². The van der Waals surface area contributed by atoms with E-state index in [4.69, 9.17) is 0 Å². The molecule has 0 aromatic heterocycles. The second kappa shape index (κ2) is 8.36. The Morgan fingerprint density at radius 1 is 1.17 bits per heavy atom. The molecule has 4 nitrogen and oxygen atoms in total. The van der Waals surface area contributed by atoms with Crippen LogP contribution in [-0.4, -0.2) is 23.0 Å². The number of hydrogen-bond acceptors (Lipinski definition) is 3. The number of nitrogens with one attached hydrogen (secondary N) is 1. The van der Waals surface area contributed by atoms with Crippen LogP contribution in [0.2, 0.25) is 0 Å². The summed E-state index contributed by atoms with van der Waals surface area (Å²) in [7, 11) is 0. The number of aliphatic hydroxyl groups excluding tert-OH is 1. The summed E-state index contributed by atoms with van der Waals surface area (Å²) in [4.78, 5) is 22.4. The van der Waals surface area contributed by atoms with Gasteiger partial charge in [0.05, 0.1) is 0 Å². The molecule has 1 amide bonds. The smallest absolute Gasteiger partial charge is 0.454 e. The molecule has 0 radical (unpaired) electrons. The number of halogens is 3. The van der Waals surface area contributed by atoms with Crippen molar-refractivity contribution in [2.75, 3.05) is 5.32 Å². The Balaban J connectivity index is 2.67. The zero-order valence-corrected chi connectivity index (χ0v) is 12.6. The number of aliphatic hydroxyl groups is 1. The fourth-order valence-electron chi connectivity index (χ4n) is 1.77. The third-order valence-corrected chi connectivity index (χ3v) is 3.02. The van der Waals surface area contributed by atoms with Gasteiger partial charge < -0.3 is 10.4 Å². The molecule has 1 aromatic carbocycles. The van der Waals surface area contributed by atoms with Gasteiger partial charge in [0, 0.05) is 23.7 Å². The van der Waals surface area contributed by atoms with Gasteiger partial charge in [0.15, 0.2) is 0 Å². The van der Waals surface area contributed by atoms with Crippen LogP contribution in [0.3, 0.4) is 0 Å². The lowest BCUT2D eigenvalue weighted by Gasteiger charge is -2.07. The van der Waals surface area contributed by atoms with E-state index >= 15 is 0 Å². The molecule has 0 saturated carbocycles. The Morgan fingerprint density at radius 3 is 2.30 bits per heavy atom. The Bertz CT molecular complexity index is 577. The topological polar surface area (TPSA) is 66.4 Å². The lowest BCUT2D eigenvalue weighted by atomic mass is 10.1. The number of unbranched alkanes of at least 4 members (excludes halogenated alkanes) is 2. The molecule has 0 atom stereocenters. The van der Waals surface area contributed by atoms with Crippen LogP contribution < -0.4 is 5.32 Å².